The molecule has 1 aromatic rings. The zero-order valence-corrected chi connectivity index (χ0v) is 13.5. The van der Waals surface area contributed by atoms with E-state index >= 15 is 0 Å². The first-order valence-corrected chi connectivity index (χ1v) is 8.47. The third-order valence-corrected chi connectivity index (χ3v) is 5.65. The van der Waals surface area contributed by atoms with Crippen molar-refractivity contribution in [2.45, 2.75) is 25.7 Å². The van der Waals surface area contributed by atoms with Crippen LogP contribution >= 0.6 is 11.8 Å². The van der Waals surface area contributed by atoms with Crippen molar-refractivity contribution in [2.75, 3.05) is 7.11 Å². The maximum absolute atomic E-state index is 12.5. The standard InChI is InChI=1S/C17H16N2O3S/c1-22-12-7-6-9(8-11(12)20)15-18-16(21)14-10-4-2-3-5-13(10)23-17(14)19-15/h6-8,14,20H,2-5H2,1H3. The topological polar surface area (TPSA) is 71.2 Å². The summed E-state index contributed by atoms with van der Waals surface area (Å²) in [7, 11) is 1.49. The Kier molecular flexibility index (Phi) is 3.49. The second-order valence-electron chi connectivity index (χ2n) is 5.80. The summed E-state index contributed by atoms with van der Waals surface area (Å²) >= 11 is 1.63. The second kappa shape index (κ2) is 5.53. The molecule has 1 unspecified atom stereocenters. The normalized spacial score (nSPS) is 23.2. The number of thioether (sulfide) groups is 1. The molecule has 6 heteroatoms. The summed E-state index contributed by atoms with van der Waals surface area (Å²) in [5, 5.41) is 10.8. The number of aliphatic imine (C=N–C) groups is 2. The first-order chi connectivity index (χ1) is 11.2. The number of methoxy groups -OCH3 is 1. The van der Waals surface area contributed by atoms with Crippen LogP contribution in [0.4, 0.5) is 0 Å². The maximum atomic E-state index is 12.5. The monoisotopic (exact) mass is 328 g/mol. The molecule has 1 aromatic carbocycles. The summed E-state index contributed by atoms with van der Waals surface area (Å²) < 4.78 is 5.04. The van der Waals surface area contributed by atoms with Crippen LogP contribution in [0, 0.1) is 5.92 Å². The fourth-order valence-corrected chi connectivity index (χ4v) is 4.60. The van der Waals surface area contributed by atoms with Gasteiger partial charge in [-0.3, -0.25) is 4.79 Å². The molecule has 2 aliphatic heterocycles. The lowest BCUT2D eigenvalue weighted by Crippen LogP contribution is -2.26. The van der Waals surface area contributed by atoms with E-state index in [2.05, 4.69) is 9.98 Å². The van der Waals surface area contributed by atoms with Crippen LogP contribution in [-0.4, -0.2) is 29.0 Å². The van der Waals surface area contributed by atoms with Gasteiger partial charge >= 0.3 is 0 Å². The van der Waals surface area contributed by atoms with E-state index < -0.39 is 0 Å². The number of phenols is 1. The highest BCUT2D eigenvalue weighted by molar-refractivity contribution is 8.17. The van der Waals surface area contributed by atoms with E-state index in [0.29, 0.717) is 17.1 Å². The number of hydrogen-bond acceptors (Lipinski definition) is 5. The summed E-state index contributed by atoms with van der Waals surface area (Å²) in [4.78, 5) is 22.6. The number of carbonyl (C=O) groups excluding carboxylic acids is 1. The number of rotatable bonds is 2. The Morgan fingerprint density at radius 1 is 1.26 bits per heavy atom. The number of benzene rings is 1. The second-order valence-corrected chi connectivity index (χ2v) is 6.92. The van der Waals surface area contributed by atoms with Crippen molar-refractivity contribution >= 4 is 28.5 Å². The molecule has 4 rings (SSSR count). The molecular formula is C17H16N2O3S. The highest BCUT2D eigenvalue weighted by atomic mass is 32.2. The van der Waals surface area contributed by atoms with Gasteiger partial charge in [0.15, 0.2) is 17.3 Å². The quantitative estimate of drug-likeness (QED) is 0.904. The number of amidine groups is 1. The lowest BCUT2D eigenvalue weighted by Gasteiger charge is -2.18. The van der Waals surface area contributed by atoms with Crippen molar-refractivity contribution < 1.29 is 14.6 Å². The van der Waals surface area contributed by atoms with Crippen molar-refractivity contribution in [2.24, 2.45) is 15.9 Å². The molecule has 0 aromatic heterocycles. The molecule has 0 bridgehead atoms. The van der Waals surface area contributed by atoms with Gasteiger partial charge in [0.05, 0.1) is 12.2 Å². The molecule has 3 aliphatic rings. The van der Waals surface area contributed by atoms with E-state index in [0.717, 1.165) is 24.3 Å². The van der Waals surface area contributed by atoms with Crippen molar-refractivity contribution in [3.05, 3.63) is 34.2 Å². The van der Waals surface area contributed by atoms with Gasteiger partial charge in [0.25, 0.3) is 5.91 Å². The number of phenolic OH excluding ortho intramolecular Hbond substituents is 1. The molecule has 1 amide bonds. The van der Waals surface area contributed by atoms with Crippen LogP contribution in [0.25, 0.3) is 0 Å². The van der Waals surface area contributed by atoms with E-state index in [-0.39, 0.29) is 17.6 Å². The molecule has 5 nitrogen and oxygen atoms in total. The number of aromatic hydroxyl groups is 1. The maximum Gasteiger partial charge on any atom is 0.261 e. The van der Waals surface area contributed by atoms with Gasteiger partial charge in [0, 0.05) is 5.56 Å². The fraction of sp³-hybridized carbons (Fsp3) is 0.353. The summed E-state index contributed by atoms with van der Waals surface area (Å²) in [6.45, 7) is 0. The first-order valence-electron chi connectivity index (χ1n) is 7.65. The van der Waals surface area contributed by atoms with Crippen LogP contribution in [-0.2, 0) is 4.79 Å². The molecule has 1 N–H and O–H groups in total. The molecule has 0 fully saturated rings. The molecule has 23 heavy (non-hydrogen) atoms. The van der Waals surface area contributed by atoms with Crippen LogP contribution in [0.15, 0.2) is 38.7 Å². The number of allylic oxidation sites excluding steroid dienone is 1. The largest absolute Gasteiger partial charge is 0.504 e. The van der Waals surface area contributed by atoms with E-state index in [1.807, 2.05) is 0 Å². The molecule has 0 saturated heterocycles. The zero-order valence-electron chi connectivity index (χ0n) is 12.7. The third kappa shape index (κ3) is 2.37. The van der Waals surface area contributed by atoms with Gasteiger partial charge in [-0.05, 0) is 54.4 Å². The van der Waals surface area contributed by atoms with Crippen molar-refractivity contribution in [1.82, 2.24) is 0 Å². The van der Waals surface area contributed by atoms with E-state index in [4.69, 9.17) is 4.74 Å². The number of carbonyl (C=O) groups is 1. The molecule has 2 heterocycles. The Balaban J connectivity index is 1.69. The number of amides is 1. The van der Waals surface area contributed by atoms with Crippen LogP contribution in [0.5, 0.6) is 11.5 Å². The average Bonchev–Trinajstić information content (AvgIpc) is 2.93. The Hall–Kier alpha value is -2.08. The third-order valence-electron chi connectivity index (χ3n) is 4.40. The minimum absolute atomic E-state index is 0.0129. The van der Waals surface area contributed by atoms with E-state index in [9.17, 15) is 9.90 Å². The van der Waals surface area contributed by atoms with Crippen LogP contribution in [0.1, 0.15) is 31.2 Å². The van der Waals surface area contributed by atoms with E-state index in [1.54, 1.807) is 23.9 Å². The van der Waals surface area contributed by atoms with Gasteiger partial charge in [0.2, 0.25) is 0 Å². The highest BCUT2D eigenvalue weighted by Crippen LogP contribution is 2.47. The Morgan fingerprint density at radius 3 is 2.87 bits per heavy atom. The van der Waals surface area contributed by atoms with Crippen molar-refractivity contribution in [3.63, 3.8) is 0 Å². The van der Waals surface area contributed by atoms with E-state index in [1.165, 1.54) is 30.1 Å². The minimum Gasteiger partial charge on any atom is -0.504 e. The van der Waals surface area contributed by atoms with Gasteiger partial charge < -0.3 is 9.84 Å². The zero-order chi connectivity index (χ0) is 16.0. The molecular weight excluding hydrogens is 312 g/mol. The SMILES string of the molecule is COc1ccc(C2=NC(=O)C3C(=N2)SC2=C3CCCC2)cc1O. The molecule has 1 atom stereocenters. The van der Waals surface area contributed by atoms with Crippen molar-refractivity contribution in [1.29, 1.82) is 0 Å². The summed E-state index contributed by atoms with van der Waals surface area (Å²) in [5.74, 6) is 0.366. The van der Waals surface area contributed by atoms with Gasteiger partial charge in [-0.1, -0.05) is 11.8 Å². The summed E-state index contributed by atoms with van der Waals surface area (Å²) in [6.07, 6.45) is 4.34. The van der Waals surface area contributed by atoms with Gasteiger partial charge in [-0.25, -0.2) is 4.99 Å². The lowest BCUT2D eigenvalue weighted by molar-refractivity contribution is -0.118. The van der Waals surface area contributed by atoms with Crippen LogP contribution < -0.4 is 4.74 Å². The predicted octanol–water partition coefficient (Wildman–Crippen LogP) is 3.28. The minimum atomic E-state index is -0.258. The summed E-state index contributed by atoms with van der Waals surface area (Å²) in [5.41, 5.74) is 1.85. The van der Waals surface area contributed by atoms with Crippen LogP contribution in [0.2, 0.25) is 0 Å². The number of fused-ring (bicyclic) bond motifs is 2. The highest BCUT2D eigenvalue weighted by Gasteiger charge is 2.40. The van der Waals surface area contributed by atoms with Crippen LogP contribution in [0.3, 0.4) is 0 Å². The number of nitrogens with zero attached hydrogens (tertiary/aromatic N) is 2. The Morgan fingerprint density at radius 2 is 2.09 bits per heavy atom. The molecule has 118 valence electrons. The number of hydrogen-bond donors (Lipinski definition) is 1. The smallest absolute Gasteiger partial charge is 0.261 e. The van der Waals surface area contributed by atoms with Gasteiger partial charge in [-0.2, -0.15) is 4.99 Å². The molecule has 0 saturated carbocycles. The molecule has 0 spiro atoms. The Bertz CT molecular complexity index is 795. The predicted molar refractivity (Wildman–Crippen MR) is 90.2 cm³/mol. The number of ether oxygens (including phenoxy) is 1. The van der Waals surface area contributed by atoms with Gasteiger partial charge in [0.1, 0.15) is 5.92 Å². The molecule has 1 aliphatic carbocycles. The molecule has 0 radical (unpaired) electrons. The fourth-order valence-electron chi connectivity index (χ4n) is 3.26. The first kappa shape index (κ1) is 14.5. The van der Waals surface area contributed by atoms with Gasteiger partial charge in [-0.15, -0.1) is 0 Å². The lowest BCUT2D eigenvalue weighted by atomic mass is 9.89. The van der Waals surface area contributed by atoms with Crippen molar-refractivity contribution in [3.8, 4) is 11.5 Å². The average molecular weight is 328 g/mol. The summed E-state index contributed by atoms with van der Waals surface area (Å²) in [6, 6.07) is 4.93. The Labute approximate surface area is 138 Å².